The van der Waals surface area contributed by atoms with Crippen molar-refractivity contribution in [2.45, 2.75) is 200 Å². The standard InChI is InChI=1S/C39H84N2/c1-7-9-11-13-15-17-20-24-28-32-36-40(3,4)38-34-30-26-22-19-23-27-31-35-39-41(5,6)37-33-29-25-21-18-16-14-12-10-8-2/h7-39H2,1-6H3/q+2. The summed E-state index contributed by atoms with van der Waals surface area (Å²) < 4.78 is 2.48. The third-order valence-corrected chi connectivity index (χ3v) is 9.76. The zero-order valence-corrected chi connectivity index (χ0v) is 30.2. The van der Waals surface area contributed by atoms with Crippen molar-refractivity contribution in [3.05, 3.63) is 0 Å². The topological polar surface area (TPSA) is 0 Å². The van der Waals surface area contributed by atoms with Crippen molar-refractivity contribution in [3.8, 4) is 0 Å². The SMILES string of the molecule is CCCCCCCCCCCC[N+](C)(C)CCCCCCCCCCC[N+](C)(C)CCCCCCCCCCCC. The summed E-state index contributed by atoms with van der Waals surface area (Å²) in [6.07, 6.45) is 42.0. The molecule has 0 aromatic rings. The maximum Gasteiger partial charge on any atom is 0.0782 e. The van der Waals surface area contributed by atoms with Crippen LogP contribution in [0.3, 0.4) is 0 Å². The van der Waals surface area contributed by atoms with Gasteiger partial charge < -0.3 is 8.97 Å². The molecule has 0 aliphatic carbocycles. The highest BCUT2D eigenvalue weighted by atomic mass is 15.3. The van der Waals surface area contributed by atoms with E-state index in [-0.39, 0.29) is 0 Å². The first-order chi connectivity index (χ1) is 19.8. The van der Waals surface area contributed by atoms with Crippen LogP contribution in [0, 0.1) is 0 Å². The number of unbranched alkanes of at least 4 members (excludes halogenated alkanes) is 26. The Labute approximate surface area is 263 Å². The van der Waals surface area contributed by atoms with Crippen molar-refractivity contribution in [1.82, 2.24) is 0 Å². The van der Waals surface area contributed by atoms with Gasteiger partial charge in [0.15, 0.2) is 0 Å². The molecule has 0 heterocycles. The molecule has 2 nitrogen and oxygen atoms in total. The van der Waals surface area contributed by atoms with E-state index in [9.17, 15) is 0 Å². The van der Waals surface area contributed by atoms with E-state index >= 15 is 0 Å². The average Bonchev–Trinajstić information content (AvgIpc) is 2.93. The lowest BCUT2D eigenvalue weighted by Gasteiger charge is -2.30. The van der Waals surface area contributed by atoms with Crippen molar-refractivity contribution >= 4 is 0 Å². The fourth-order valence-corrected chi connectivity index (χ4v) is 6.60. The van der Waals surface area contributed by atoms with Gasteiger partial charge in [-0.1, -0.05) is 149 Å². The summed E-state index contributed by atoms with van der Waals surface area (Å²) in [6.45, 7) is 10.1. The summed E-state index contributed by atoms with van der Waals surface area (Å²) >= 11 is 0. The van der Waals surface area contributed by atoms with E-state index in [0.717, 1.165) is 0 Å². The molecular weight excluding hydrogens is 496 g/mol. The molecular formula is C39H84N2+2. The molecule has 0 aliphatic rings. The molecule has 0 spiro atoms. The highest BCUT2D eigenvalue weighted by molar-refractivity contribution is 4.51. The van der Waals surface area contributed by atoms with Gasteiger partial charge in [-0.3, -0.25) is 0 Å². The molecule has 0 N–H and O–H groups in total. The molecule has 0 atom stereocenters. The second kappa shape index (κ2) is 30.0. The Hall–Kier alpha value is -0.0800. The van der Waals surface area contributed by atoms with Crippen molar-refractivity contribution in [1.29, 1.82) is 0 Å². The minimum atomic E-state index is 1.24. The normalized spacial score (nSPS) is 12.4. The fraction of sp³-hybridized carbons (Fsp3) is 1.00. The molecule has 41 heavy (non-hydrogen) atoms. The predicted molar refractivity (Wildman–Crippen MR) is 189 cm³/mol. The van der Waals surface area contributed by atoms with E-state index in [1.807, 2.05) is 0 Å². The largest absolute Gasteiger partial charge is 0.328 e. The van der Waals surface area contributed by atoms with E-state index in [0.29, 0.717) is 0 Å². The van der Waals surface area contributed by atoms with Crippen molar-refractivity contribution in [2.75, 3.05) is 54.4 Å². The van der Waals surface area contributed by atoms with Crippen LogP contribution in [0.4, 0.5) is 0 Å². The van der Waals surface area contributed by atoms with Crippen LogP contribution >= 0.6 is 0 Å². The highest BCUT2D eigenvalue weighted by Crippen LogP contribution is 2.16. The predicted octanol–water partition coefficient (Wildman–Crippen LogP) is 12.5. The summed E-state index contributed by atoms with van der Waals surface area (Å²) in [5, 5.41) is 0. The zero-order valence-electron chi connectivity index (χ0n) is 30.2. The van der Waals surface area contributed by atoms with Gasteiger partial charge in [-0.05, 0) is 51.4 Å². The first-order valence-electron chi connectivity index (χ1n) is 19.5. The monoisotopic (exact) mass is 581 g/mol. The molecule has 0 unspecified atom stereocenters. The van der Waals surface area contributed by atoms with E-state index < -0.39 is 0 Å². The molecule has 0 bridgehead atoms. The first kappa shape index (κ1) is 40.9. The van der Waals surface area contributed by atoms with Crippen LogP contribution in [-0.2, 0) is 0 Å². The van der Waals surface area contributed by atoms with Gasteiger partial charge in [0.05, 0.1) is 54.4 Å². The summed E-state index contributed by atoms with van der Waals surface area (Å²) in [5.41, 5.74) is 0. The molecule has 0 aromatic heterocycles. The van der Waals surface area contributed by atoms with Crippen molar-refractivity contribution in [2.24, 2.45) is 0 Å². The highest BCUT2D eigenvalue weighted by Gasteiger charge is 2.14. The fourth-order valence-electron chi connectivity index (χ4n) is 6.60. The number of rotatable bonds is 34. The third-order valence-electron chi connectivity index (χ3n) is 9.76. The van der Waals surface area contributed by atoms with Gasteiger partial charge in [0.2, 0.25) is 0 Å². The lowest BCUT2D eigenvalue weighted by molar-refractivity contribution is -0.890. The summed E-state index contributed by atoms with van der Waals surface area (Å²) in [6, 6.07) is 0. The summed E-state index contributed by atoms with van der Waals surface area (Å²) in [5.74, 6) is 0. The lowest BCUT2D eigenvalue weighted by Crippen LogP contribution is -2.41. The minimum absolute atomic E-state index is 1.24. The van der Waals surface area contributed by atoms with E-state index in [2.05, 4.69) is 42.0 Å². The smallest absolute Gasteiger partial charge is 0.0782 e. The molecule has 0 rings (SSSR count). The molecule has 2 heteroatoms. The Morgan fingerprint density at radius 1 is 0.220 bits per heavy atom. The minimum Gasteiger partial charge on any atom is -0.328 e. The maximum atomic E-state index is 2.46. The Morgan fingerprint density at radius 3 is 0.537 bits per heavy atom. The third kappa shape index (κ3) is 32.7. The number of nitrogens with zero attached hydrogens (tertiary/aromatic N) is 2. The molecule has 0 aliphatic heterocycles. The van der Waals surface area contributed by atoms with E-state index in [4.69, 9.17) is 0 Å². The molecule has 0 saturated carbocycles. The molecule has 248 valence electrons. The van der Waals surface area contributed by atoms with Gasteiger partial charge in [0.25, 0.3) is 0 Å². The second-order valence-corrected chi connectivity index (χ2v) is 15.3. The Kier molecular flexibility index (Phi) is 29.9. The van der Waals surface area contributed by atoms with Crippen molar-refractivity contribution in [3.63, 3.8) is 0 Å². The van der Waals surface area contributed by atoms with Crippen LogP contribution in [0.5, 0.6) is 0 Å². The van der Waals surface area contributed by atoms with Gasteiger partial charge in [0.1, 0.15) is 0 Å². The average molecular weight is 581 g/mol. The molecule has 0 radical (unpaired) electrons. The van der Waals surface area contributed by atoms with Crippen LogP contribution in [0.25, 0.3) is 0 Å². The van der Waals surface area contributed by atoms with Crippen LogP contribution in [-0.4, -0.2) is 63.3 Å². The number of quaternary nitrogens is 2. The van der Waals surface area contributed by atoms with Crippen LogP contribution in [0.2, 0.25) is 0 Å². The van der Waals surface area contributed by atoms with Crippen LogP contribution in [0.1, 0.15) is 200 Å². The van der Waals surface area contributed by atoms with Gasteiger partial charge in [-0.15, -0.1) is 0 Å². The molecule has 0 fully saturated rings. The van der Waals surface area contributed by atoms with Gasteiger partial charge in [-0.2, -0.15) is 0 Å². The molecule has 0 aromatic carbocycles. The first-order valence-corrected chi connectivity index (χ1v) is 19.5. The summed E-state index contributed by atoms with van der Waals surface area (Å²) in [4.78, 5) is 0. The quantitative estimate of drug-likeness (QED) is 0.0524. The molecule has 0 amide bonds. The van der Waals surface area contributed by atoms with Gasteiger partial charge in [-0.25, -0.2) is 0 Å². The van der Waals surface area contributed by atoms with Gasteiger partial charge in [0, 0.05) is 0 Å². The van der Waals surface area contributed by atoms with E-state index in [1.54, 1.807) is 0 Å². The van der Waals surface area contributed by atoms with Crippen molar-refractivity contribution < 1.29 is 8.97 Å². The lowest BCUT2D eigenvalue weighted by atomic mass is 10.1. The van der Waals surface area contributed by atoms with Crippen LogP contribution < -0.4 is 0 Å². The Balaban J connectivity index is 3.43. The maximum absolute atomic E-state index is 2.46. The van der Waals surface area contributed by atoms with Gasteiger partial charge >= 0.3 is 0 Å². The number of hydrogen-bond acceptors (Lipinski definition) is 0. The second-order valence-electron chi connectivity index (χ2n) is 15.3. The van der Waals surface area contributed by atoms with Crippen LogP contribution in [0.15, 0.2) is 0 Å². The van der Waals surface area contributed by atoms with E-state index in [1.165, 1.54) is 221 Å². The Bertz CT molecular complexity index is 454. The zero-order chi connectivity index (χ0) is 30.3. The summed E-state index contributed by atoms with van der Waals surface area (Å²) in [7, 11) is 9.85. The molecule has 0 saturated heterocycles. The number of hydrogen-bond donors (Lipinski definition) is 0. The Morgan fingerprint density at radius 2 is 0.366 bits per heavy atom.